The summed E-state index contributed by atoms with van der Waals surface area (Å²) in [7, 11) is 0. The summed E-state index contributed by atoms with van der Waals surface area (Å²) in [6.07, 6.45) is 5.12. The van der Waals surface area contributed by atoms with Crippen LogP contribution in [0.5, 0.6) is 17.2 Å². The van der Waals surface area contributed by atoms with Crippen LogP contribution in [0.15, 0.2) is 18.2 Å². The molecule has 0 N–H and O–H groups in total. The molecule has 0 saturated carbocycles. The van der Waals surface area contributed by atoms with Gasteiger partial charge in [0.05, 0.1) is 6.61 Å². The Hall–Kier alpha value is -1.13. The lowest BCUT2D eigenvalue weighted by atomic mass is 10.0. The maximum Gasteiger partial charge on any atom is 0.231 e. The van der Waals surface area contributed by atoms with Crippen LogP contribution in [0.3, 0.4) is 0 Å². The van der Waals surface area contributed by atoms with Gasteiger partial charge < -0.3 is 19.1 Å². The predicted molar refractivity (Wildman–Crippen MR) is 89.4 cm³/mol. The molecule has 3 rings (SSSR count). The molecule has 0 aliphatic carbocycles. The topological polar surface area (TPSA) is 30.9 Å². The highest BCUT2D eigenvalue weighted by molar-refractivity contribution is 5.85. The highest BCUT2D eigenvalue weighted by Gasteiger charge is 2.16. The second-order valence-electron chi connectivity index (χ2n) is 5.94. The summed E-state index contributed by atoms with van der Waals surface area (Å²) in [5.41, 5.74) is 0. The summed E-state index contributed by atoms with van der Waals surface area (Å²) in [5.74, 6) is 3.09. The Balaban J connectivity index is 0.00000176. The van der Waals surface area contributed by atoms with Crippen LogP contribution in [0.25, 0.3) is 0 Å². The first-order chi connectivity index (χ1) is 10.3. The third kappa shape index (κ3) is 4.43. The first-order valence-electron chi connectivity index (χ1n) is 8.10. The molecule has 2 aliphatic rings. The largest absolute Gasteiger partial charge is 0.493 e. The summed E-state index contributed by atoms with van der Waals surface area (Å²) in [6.45, 7) is 7.11. The number of likely N-dealkylation sites (tertiary alicyclic amines) is 1. The quantitative estimate of drug-likeness (QED) is 0.763. The summed E-state index contributed by atoms with van der Waals surface area (Å²) in [5, 5.41) is 0. The van der Waals surface area contributed by atoms with Crippen LogP contribution in [0.1, 0.15) is 32.6 Å². The smallest absolute Gasteiger partial charge is 0.231 e. The first kappa shape index (κ1) is 17.2. The molecule has 2 aliphatic heterocycles. The van der Waals surface area contributed by atoms with E-state index in [1.165, 1.54) is 45.3 Å². The minimum absolute atomic E-state index is 0. The van der Waals surface area contributed by atoms with Crippen LogP contribution in [-0.4, -0.2) is 37.9 Å². The number of hydrogen-bond acceptors (Lipinski definition) is 4. The van der Waals surface area contributed by atoms with Gasteiger partial charge in [-0.1, -0.05) is 13.3 Å². The predicted octanol–water partition coefficient (Wildman–Crippen LogP) is 3.73. The summed E-state index contributed by atoms with van der Waals surface area (Å²) in [6, 6.07) is 5.80. The van der Waals surface area contributed by atoms with Gasteiger partial charge in [-0.2, -0.15) is 0 Å². The van der Waals surface area contributed by atoms with E-state index in [0.29, 0.717) is 12.7 Å². The lowest BCUT2D eigenvalue weighted by Crippen LogP contribution is -2.24. The molecule has 0 spiro atoms. The Kier molecular flexibility index (Phi) is 6.65. The number of ether oxygens (including phenoxy) is 3. The van der Waals surface area contributed by atoms with Crippen molar-refractivity contribution in [2.75, 3.05) is 33.0 Å². The molecule has 2 heterocycles. The van der Waals surface area contributed by atoms with E-state index in [2.05, 4.69) is 11.8 Å². The Bertz CT molecular complexity index is 463. The molecule has 4 nitrogen and oxygen atoms in total. The third-order valence-electron chi connectivity index (χ3n) is 4.46. The minimum atomic E-state index is 0. The van der Waals surface area contributed by atoms with E-state index in [1.54, 1.807) is 0 Å². The van der Waals surface area contributed by atoms with Crippen molar-refractivity contribution in [1.29, 1.82) is 0 Å². The normalized spacial score (nSPS) is 18.0. The first-order valence-corrected chi connectivity index (χ1v) is 8.10. The van der Waals surface area contributed by atoms with E-state index in [0.717, 1.165) is 23.9 Å². The van der Waals surface area contributed by atoms with Crippen molar-refractivity contribution in [2.45, 2.75) is 32.6 Å². The maximum absolute atomic E-state index is 5.95. The molecule has 0 radical (unpaired) electrons. The van der Waals surface area contributed by atoms with Gasteiger partial charge in [-0.05, 0) is 56.9 Å². The van der Waals surface area contributed by atoms with E-state index in [4.69, 9.17) is 14.2 Å². The van der Waals surface area contributed by atoms with Crippen LogP contribution in [0.2, 0.25) is 0 Å². The zero-order chi connectivity index (χ0) is 14.5. The molecule has 124 valence electrons. The van der Waals surface area contributed by atoms with E-state index < -0.39 is 0 Å². The lowest BCUT2D eigenvalue weighted by molar-refractivity contribution is 0.173. The lowest BCUT2D eigenvalue weighted by Gasteiger charge is -2.20. The van der Waals surface area contributed by atoms with Gasteiger partial charge in [0.1, 0.15) is 5.75 Å². The average Bonchev–Trinajstić information content (AvgIpc) is 3.18. The van der Waals surface area contributed by atoms with Crippen LogP contribution in [-0.2, 0) is 0 Å². The molecule has 1 aromatic rings. The third-order valence-corrected chi connectivity index (χ3v) is 4.46. The molecule has 22 heavy (non-hydrogen) atoms. The molecule has 1 fully saturated rings. The van der Waals surface area contributed by atoms with E-state index in [1.807, 2.05) is 18.2 Å². The van der Waals surface area contributed by atoms with Gasteiger partial charge in [-0.15, -0.1) is 12.4 Å². The van der Waals surface area contributed by atoms with Crippen molar-refractivity contribution >= 4 is 12.4 Å². The van der Waals surface area contributed by atoms with Crippen molar-refractivity contribution in [3.05, 3.63) is 18.2 Å². The van der Waals surface area contributed by atoms with Crippen molar-refractivity contribution in [2.24, 2.45) is 5.92 Å². The Morgan fingerprint density at radius 2 is 1.95 bits per heavy atom. The van der Waals surface area contributed by atoms with Crippen LogP contribution >= 0.6 is 12.4 Å². The average molecular weight is 328 g/mol. The van der Waals surface area contributed by atoms with E-state index >= 15 is 0 Å². The minimum Gasteiger partial charge on any atom is -0.493 e. The van der Waals surface area contributed by atoms with Gasteiger partial charge >= 0.3 is 0 Å². The van der Waals surface area contributed by atoms with Gasteiger partial charge in [-0.25, -0.2) is 0 Å². The van der Waals surface area contributed by atoms with Crippen molar-refractivity contribution in [3.63, 3.8) is 0 Å². The molecule has 0 bridgehead atoms. The number of nitrogens with zero attached hydrogens (tertiary/aromatic N) is 1. The number of hydrogen-bond donors (Lipinski definition) is 0. The fourth-order valence-electron chi connectivity index (χ4n) is 2.96. The second kappa shape index (κ2) is 8.49. The van der Waals surface area contributed by atoms with Crippen LogP contribution in [0.4, 0.5) is 0 Å². The number of fused-ring (bicyclic) bond motifs is 1. The van der Waals surface area contributed by atoms with Crippen molar-refractivity contribution in [3.8, 4) is 17.2 Å². The number of benzene rings is 1. The summed E-state index contributed by atoms with van der Waals surface area (Å²) >= 11 is 0. The zero-order valence-electron chi connectivity index (χ0n) is 13.3. The highest BCUT2D eigenvalue weighted by atomic mass is 35.5. The summed E-state index contributed by atoms with van der Waals surface area (Å²) < 4.78 is 16.6. The number of rotatable bonds is 7. The molecule has 1 aromatic carbocycles. The molecular formula is C17H26ClNO3. The Labute approximate surface area is 139 Å². The fraction of sp³-hybridized carbons (Fsp3) is 0.647. The Morgan fingerprint density at radius 1 is 1.18 bits per heavy atom. The molecule has 0 aromatic heterocycles. The fourth-order valence-corrected chi connectivity index (χ4v) is 2.96. The van der Waals surface area contributed by atoms with Gasteiger partial charge in [0.15, 0.2) is 11.5 Å². The maximum atomic E-state index is 5.95. The van der Waals surface area contributed by atoms with E-state index in [-0.39, 0.29) is 12.4 Å². The standard InChI is InChI=1S/C17H25NO3.ClH/c1-2-14(7-10-18-8-3-4-9-18)12-19-15-5-6-16-17(11-15)21-13-20-16;/h5-6,11,14H,2-4,7-10,12-13H2,1H3;1H. The van der Waals surface area contributed by atoms with Crippen molar-refractivity contribution < 1.29 is 14.2 Å². The zero-order valence-corrected chi connectivity index (χ0v) is 14.1. The van der Waals surface area contributed by atoms with Gasteiger partial charge in [0.25, 0.3) is 0 Å². The molecule has 1 unspecified atom stereocenters. The van der Waals surface area contributed by atoms with Gasteiger partial charge in [-0.3, -0.25) is 0 Å². The van der Waals surface area contributed by atoms with E-state index in [9.17, 15) is 0 Å². The highest BCUT2D eigenvalue weighted by Crippen LogP contribution is 2.35. The van der Waals surface area contributed by atoms with Gasteiger partial charge in [0.2, 0.25) is 6.79 Å². The molecule has 0 amide bonds. The molecular weight excluding hydrogens is 302 g/mol. The number of halogens is 1. The van der Waals surface area contributed by atoms with Gasteiger partial charge in [0, 0.05) is 6.07 Å². The van der Waals surface area contributed by atoms with Crippen LogP contribution in [0, 0.1) is 5.92 Å². The molecule has 1 saturated heterocycles. The molecule has 5 heteroatoms. The Morgan fingerprint density at radius 3 is 2.73 bits per heavy atom. The monoisotopic (exact) mass is 327 g/mol. The van der Waals surface area contributed by atoms with Crippen LogP contribution < -0.4 is 14.2 Å². The second-order valence-corrected chi connectivity index (χ2v) is 5.94. The molecule has 1 atom stereocenters. The van der Waals surface area contributed by atoms with Crippen molar-refractivity contribution in [1.82, 2.24) is 4.90 Å². The summed E-state index contributed by atoms with van der Waals surface area (Å²) in [4.78, 5) is 2.57. The SMILES string of the molecule is CCC(CCN1CCCC1)COc1ccc2c(c1)OCO2.Cl.